The first-order valence-electron chi connectivity index (χ1n) is 24.9. The standard InChI is InChI=1S/C52H65N13O10/c1-33(2)45(63-42(66)10-4-3-5-25-65-43(67)19-20-44(65)68)49(70)61-38(9-7-22-56-51(54)72)48(69)59-37-17-13-35(14-18-37)32-75-52(73)57-23-6-8-34-11-15-36(16-12-34)39-31-58-47(53)46(60-39)50(71)62-40-30-55-24-21-41(40)64-26-28-74-29-27-64/h11-21,24,30-31,33,38,45H,3-10,22-23,25-29,32H2,1-2H3,(H2,53,58)(H,57,73)(H,59,69)(H,61,70)(H,62,71)(H,63,66)(H3,54,56,72)/t38?,45-/m0/s1. The topological polar surface area (TPSA) is 324 Å². The Morgan fingerprint density at radius 2 is 1.49 bits per heavy atom. The van der Waals surface area contributed by atoms with Crippen molar-refractivity contribution in [3.63, 3.8) is 0 Å². The van der Waals surface area contributed by atoms with Crippen molar-refractivity contribution in [1.82, 2.24) is 41.1 Å². The maximum absolute atomic E-state index is 13.6. The van der Waals surface area contributed by atoms with Crippen LogP contribution in [0.15, 0.2) is 85.3 Å². The summed E-state index contributed by atoms with van der Waals surface area (Å²) < 4.78 is 10.9. The van der Waals surface area contributed by atoms with Crippen molar-refractivity contribution in [2.75, 3.05) is 67.2 Å². The number of imide groups is 1. The number of nitrogen functional groups attached to an aromatic ring is 1. The first-order chi connectivity index (χ1) is 36.1. The van der Waals surface area contributed by atoms with Gasteiger partial charge in [-0.05, 0) is 73.8 Å². The maximum atomic E-state index is 13.6. The number of morpholine rings is 1. The van der Waals surface area contributed by atoms with Crippen LogP contribution in [0.5, 0.6) is 0 Å². The number of primary amides is 1. The molecule has 0 aliphatic carbocycles. The molecule has 4 heterocycles. The summed E-state index contributed by atoms with van der Waals surface area (Å²) in [5, 5.41) is 16.4. The molecule has 10 N–H and O–H groups in total. The van der Waals surface area contributed by atoms with Crippen LogP contribution in [0, 0.1) is 5.92 Å². The normalized spacial score (nSPS) is 14.0. The summed E-state index contributed by atoms with van der Waals surface area (Å²) in [4.78, 5) is 117. The van der Waals surface area contributed by atoms with Crippen LogP contribution in [0.4, 0.5) is 32.5 Å². The van der Waals surface area contributed by atoms with Gasteiger partial charge in [-0.1, -0.05) is 56.7 Å². The molecule has 2 aliphatic heterocycles. The van der Waals surface area contributed by atoms with Crippen molar-refractivity contribution < 1.29 is 47.8 Å². The van der Waals surface area contributed by atoms with Crippen molar-refractivity contribution in [2.45, 2.75) is 83.9 Å². The second-order valence-electron chi connectivity index (χ2n) is 18.2. The van der Waals surface area contributed by atoms with Crippen LogP contribution in [0.2, 0.25) is 0 Å². The van der Waals surface area contributed by atoms with E-state index in [2.05, 4.69) is 51.8 Å². The summed E-state index contributed by atoms with van der Waals surface area (Å²) in [5.41, 5.74) is 15.9. The lowest BCUT2D eigenvalue weighted by atomic mass is 10.0. The molecular weight excluding hydrogens is 967 g/mol. The van der Waals surface area contributed by atoms with Crippen molar-refractivity contribution >= 4 is 70.4 Å². The number of rotatable bonds is 26. The Kier molecular flexibility index (Phi) is 20.9. The van der Waals surface area contributed by atoms with Crippen LogP contribution >= 0.6 is 0 Å². The van der Waals surface area contributed by atoms with Crippen molar-refractivity contribution in [3.05, 3.63) is 102 Å². The van der Waals surface area contributed by atoms with Crippen LogP contribution in [-0.2, 0) is 46.5 Å². The Morgan fingerprint density at radius 3 is 2.20 bits per heavy atom. The van der Waals surface area contributed by atoms with Gasteiger partial charge in [0.15, 0.2) is 11.5 Å². The van der Waals surface area contributed by atoms with Gasteiger partial charge in [0.05, 0.1) is 42.7 Å². The fourth-order valence-corrected chi connectivity index (χ4v) is 8.10. The molecule has 9 amide bonds. The molecule has 1 fully saturated rings. The van der Waals surface area contributed by atoms with Crippen molar-refractivity contribution in [2.24, 2.45) is 11.7 Å². The van der Waals surface area contributed by atoms with Gasteiger partial charge in [-0.15, -0.1) is 0 Å². The number of carbonyl (C=O) groups excluding carboxylic acids is 8. The molecule has 23 nitrogen and oxygen atoms in total. The van der Waals surface area contributed by atoms with E-state index >= 15 is 0 Å². The highest BCUT2D eigenvalue weighted by Gasteiger charge is 2.29. The van der Waals surface area contributed by atoms with E-state index in [9.17, 15) is 38.4 Å². The lowest BCUT2D eigenvalue weighted by Gasteiger charge is -2.30. The number of carbonyl (C=O) groups is 8. The van der Waals surface area contributed by atoms with Crippen LogP contribution in [-0.4, -0.2) is 125 Å². The summed E-state index contributed by atoms with van der Waals surface area (Å²) in [7, 11) is 0. The summed E-state index contributed by atoms with van der Waals surface area (Å²) in [6.45, 7) is 6.79. The van der Waals surface area contributed by atoms with E-state index in [1.165, 1.54) is 18.3 Å². The quantitative estimate of drug-likeness (QED) is 0.0329. The minimum atomic E-state index is -1.05. The van der Waals surface area contributed by atoms with Gasteiger partial charge < -0.3 is 57.7 Å². The smallest absolute Gasteiger partial charge is 0.407 e. The number of benzene rings is 2. The Labute approximate surface area is 434 Å². The number of anilines is 4. The number of nitrogens with one attached hydrogen (secondary N) is 6. The van der Waals surface area contributed by atoms with Gasteiger partial charge in [0, 0.05) is 68.7 Å². The zero-order valence-electron chi connectivity index (χ0n) is 42.1. The number of aromatic nitrogens is 3. The first kappa shape index (κ1) is 55.8. The number of amides is 9. The number of ether oxygens (including phenoxy) is 2. The number of hydrogen-bond donors (Lipinski definition) is 8. The summed E-state index contributed by atoms with van der Waals surface area (Å²) in [5.74, 6) is -3.02. The molecule has 6 rings (SSSR count). The minimum absolute atomic E-state index is 0.00711. The Bertz CT molecular complexity index is 2660. The molecule has 398 valence electrons. The van der Waals surface area contributed by atoms with Gasteiger partial charge in [0.1, 0.15) is 18.7 Å². The van der Waals surface area contributed by atoms with E-state index in [0.29, 0.717) is 94.0 Å². The van der Waals surface area contributed by atoms with Gasteiger partial charge in [-0.3, -0.25) is 38.7 Å². The highest BCUT2D eigenvalue weighted by atomic mass is 16.5. The van der Waals surface area contributed by atoms with E-state index < -0.39 is 41.9 Å². The molecule has 1 saturated heterocycles. The van der Waals surface area contributed by atoms with Crippen molar-refractivity contribution in [1.29, 1.82) is 0 Å². The number of unbranched alkanes of at least 4 members (excludes halogenated alkanes) is 2. The summed E-state index contributed by atoms with van der Waals surface area (Å²) in [6.07, 6.45) is 10.0. The lowest BCUT2D eigenvalue weighted by Crippen LogP contribution is -2.54. The molecule has 23 heteroatoms. The predicted octanol–water partition coefficient (Wildman–Crippen LogP) is 3.57. The van der Waals surface area contributed by atoms with Gasteiger partial charge in [-0.25, -0.2) is 19.6 Å². The van der Waals surface area contributed by atoms with E-state index in [4.69, 9.17) is 20.9 Å². The summed E-state index contributed by atoms with van der Waals surface area (Å²) >= 11 is 0. The third-order valence-electron chi connectivity index (χ3n) is 12.2. The SMILES string of the molecule is CC(C)[C@H](NC(=O)CCCCCN1C(=O)C=CC1=O)C(=O)NC(CCCNC(N)=O)C(=O)Nc1ccc(COC(=O)NCCCc2ccc(-c3cnc(N)c(C(=O)Nc4cnccc4N4CCOCC4)n3)cc2)cc1. The fraction of sp³-hybridized carbons (Fsp3) is 0.404. The molecule has 0 bridgehead atoms. The number of pyridine rings is 1. The largest absolute Gasteiger partial charge is 0.445 e. The maximum Gasteiger partial charge on any atom is 0.407 e. The van der Waals surface area contributed by atoms with Gasteiger partial charge in [-0.2, -0.15) is 0 Å². The molecule has 2 atom stereocenters. The molecule has 2 aromatic carbocycles. The number of hydrogen-bond acceptors (Lipinski definition) is 15. The predicted molar refractivity (Wildman–Crippen MR) is 279 cm³/mol. The number of nitrogens with two attached hydrogens (primary N) is 2. The monoisotopic (exact) mass is 1030 g/mol. The van der Waals surface area contributed by atoms with E-state index in [1.807, 2.05) is 30.3 Å². The van der Waals surface area contributed by atoms with E-state index in [1.54, 1.807) is 50.5 Å². The molecule has 0 saturated carbocycles. The second kappa shape index (κ2) is 28.1. The van der Waals surface area contributed by atoms with Crippen LogP contribution in [0.3, 0.4) is 0 Å². The van der Waals surface area contributed by atoms with Crippen molar-refractivity contribution in [3.8, 4) is 11.3 Å². The highest BCUT2D eigenvalue weighted by molar-refractivity contribution is 6.13. The molecule has 0 spiro atoms. The van der Waals surface area contributed by atoms with Gasteiger partial charge >= 0.3 is 12.1 Å². The first-order valence-corrected chi connectivity index (χ1v) is 24.9. The van der Waals surface area contributed by atoms with Crippen LogP contribution < -0.4 is 48.3 Å². The molecule has 4 aromatic rings. The minimum Gasteiger partial charge on any atom is -0.445 e. The highest BCUT2D eigenvalue weighted by Crippen LogP contribution is 2.27. The fourth-order valence-electron chi connectivity index (χ4n) is 8.10. The molecule has 0 radical (unpaired) electrons. The molecule has 2 aliphatic rings. The number of alkyl carbamates (subject to hydrolysis) is 1. The lowest BCUT2D eigenvalue weighted by molar-refractivity contribution is -0.137. The molecule has 1 unspecified atom stereocenters. The average Bonchev–Trinajstić information content (AvgIpc) is 3.72. The summed E-state index contributed by atoms with van der Waals surface area (Å²) in [6, 6.07) is 13.4. The Balaban J connectivity index is 0.914. The number of urea groups is 1. The molecule has 75 heavy (non-hydrogen) atoms. The second-order valence-corrected chi connectivity index (χ2v) is 18.2. The number of aryl methyl sites for hydroxylation is 1. The molecule has 2 aromatic heterocycles. The third kappa shape index (κ3) is 17.3. The third-order valence-corrected chi connectivity index (χ3v) is 12.2. The van der Waals surface area contributed by atoms with Crippen LogP contribution in [0.25, 0.3) is 11.3 Å². The van der Waals surface area contributed by atoms with Gasteiger partial charge in [0.25, 0.3) is 17.7 Å². The van der Waals surface area contributed by atoms with Crippen LogP contribution in [0.1, 0.15) is 80.4 Å². The zero-order chi connectivity index (χ0) is 53.7. The zero-order valence-corrected chi connectivity index (χ0v) is 42.1. The van der Waals surface area contributed by atoms with E-state index in [0.717, 1.165) is 21.7 Å². The Morgan fingerprint density at radius 1 is 0.787 bits per heavy atom. The average molecular weight is 1030 g/mol. The Hall–Kier alpha value is -8.47. The molecular formula is C52H65N13O10. The number of nitrogens with zero attached hydrogens (tertiary/aromatic N) is 5. The van der Waals surface area contributed by atoms with E-state index in [-0.39, 0.29) is 67.7 Å². The van der Waals surface area contributed by atoms with Gasteiger partial charge in [0.2, 0.25) is 17.7 Å².